The molecule has 0 radical (unpaired) electrons. The van der Waals surface area contributed by atoms with Crippen LogP contribution in [0, 0.1) is 19.8 Å². The number of aromatic nitrogens is 1. The van der Waals surface area contributed by atoms with Gasteiger partial charge < -0.3 is 14.2 Å². The van der Waals surface area contributed by atoms with Gasteiger partial charge in [-0.15, -0.1) is 0 Å². The van der Waals surface area contributed by atoms with Crippen molar-refractivity contribution in [3.63, 3.8) is 0 Å². The van der Waals surface area contributed by atoms with Crippen molar-refractivity contribution >= 4 is 17.5 Å². The molecule has 5 nitrogen and oxygen atoms in total. The van der Waals surface area contributed by atoms with Crippen LogP contribution in [0.4, 0.5) is 0 Å². The van der Waals surface area contributed by atoms with Gasteiger partial charge in [-0.1, -0.05) is 28.9 Å². The number of likely N-dealkylation sites (tertiary alicyclic amines) is 1. The number of carbonyl (C=O) groups excluding carboxylic acids is 1. The molecule has 1 amide bonds. The molecule has 6 heteroatoms. The lowest BCUT2D eigenvalue weighted by molar-refractivity contribution is -0.132. The van der Waals surface area contributed by atoms with E-state index in [0.717, 1.165) is 60.1 Å². The predicted molar refractivity (Wildman–Crippen MR) is 105 cm³/mol. The van der Waals surface area contributed by atoms with Crippen molar-refractivity contribution in [1.82, 2.24) is 10.1 Å². The van der Waals surface area contributed by atoms with Crippen LogP contribution in [0.3, 0.4) is 0 Å². The lowest BCUT2D eigenvalue weighted by atomic mass is 9.97. The number of piperidine rings is 1. The van der Waals surface area contributed by atoms with Crippen molar-refractivity contribution in [3.05, 3.63) is 51.9 Å². The molecule has 0 atom stereocenters. The molecule has 2 heterocycles. The van der Waals surface area contributed by atoms with E-state index in [1.165, 1.54) is 0 Å². The molecule has 3 rings (SSSR count). The van der Waals surface area contributed by atoms with Crippen molar-refractivity contribution < 1.29 is 14.1 Å². The molecule has 1 aromatic heterocycles. The van der Waals surface area contributed by atoms with E-state index in [0.29, 0.717) is 25.4 Å². The number of hydrogen-bond donors (Lipinski definition) is 0. The molecule has 0 aliphatic carbocycles. The molecule has 0 saturated carbocycles. The first kappa shape index (κ1) is 19.9. The van der Waals surface area contributed by atoms with Gasteiger partial charge in [0, 0.05) is 36.7 Å². The standard InChI is InChI=1S/C21H27ClN2O3/c1-15-20(16(2)27-23-15)7-8-21(25)24-11-9-18(10-12-24)14-26-13-17-3-5-19(22)6-4-17/h3-6,18H,7-14H2,1-2H3. The van der Waals surface area contributed by atoms with Crippen LogP contribution in [0.2, 0.25) is 5.02 Å². The number of ether oxygens (including phenoxy) is 1. The molecule has 1 aliphatic rings. The van der Waals surface area contributed by atoms with Gasteiger partial charge in [0.15, 0.2) is 0 Å². The molecule has 1 saturated heterocycles. The maximum atomic E-state index is 12.5. The molecule has 0 unspecified atom stereocenters. The molecule has 27 heavy (non-hydrogen) atoms. The summed E-state index contributed by atoms with van der Waals surface area (Å²) in [5.41, 5.74) is 3.08. The van der Waals surface area contributed by atoms with Crippen molar-refractivity contribution in [1.29, 1.82) is 0 Å². The third kappa shape index (κ3) is 5.56. The Labute approximate surface area is 165 Å². The molecule has 0 N–H and O–H groups in total. The Morgan fingerprint density at radius 3 is 2.59 bits per heavy atom. The smallest absolute Gasteiger partial charge is 0.222 e. The van der Waals surface area contributed by atoms with Crippen LogP contribution in [0.1, 0.15) is 41.8 Å². The second-order valence-corrected chi connectivity index (χ2v) is 7.70. The maximum absolute atomic E-state index is 12.5. The van der Waals surface area contributed by atoms with Crippen LogP contribution < -0.4 is 0 Å². The molecular weight excluding hydrogens is 364 g/mol. The molecule has 0 spiro atoms. The number of aryl methyl sites for hydroxylation is 2. The molecule has 1 fully saturated rings. The highest BCUT2D eigenvalue weighted by atomic mass is 35.5. The lowest BCUT2D eigenvalue weighted by Crippen LogP contribution is -2.39. The van der Waals surface area contributed by atoms with Gasteiger partial charge in [-0.05, 0) is 56.7 Å². The molecule has 1 aliphatic heterocycles. The van der Waals surface area contributed by atoms with Crippen molar-refractivity contribution in [3.8, 4) is 0 Å². The number of nitrogens with zero attached hydrogens (tertiary/aromatic N) is 2. The summed E-state index contributed by atoms with van der Waals surface area (Å²) in [5.74, 6) is 1.55. The zero-order valence-electron chi connectivity index (χ0n) is 16.0. The first-order valence-corrected chi connectivity index (χ1v) is 9.92. The summed E-state index contributed by atoms with van der Waals surface area (Å²) < 4.78 is 11.0. The average Bonchev–Trinajstić information content (AvgIpc) is 3.00. The minimum atomic E-state index is 0.218. The van der Waals surface area contributed by atoms with Gasteiger partial charge in [0.1, 0.15) is 5.76 Å². The third-order valence-corrected chi connectivity index (χ3v) is 5.52. The Bertz CT molecular complexity index is 730. The lowest BCUT2D eigenvalue weighted by Gasteiger charge is -2.32. The Hall–Kier alpha value is -1.85. The zero-order valence-corrected chi connectivity index (χ0v) is 16.8. The second-order valence-electron chi connectivity index (χ2n) is 7.27. The fraction of sp³-hybridized carbons (Fsp3) is 0.524. The van der Waals surface area contributed by atoms with Gasteiger partial charge in [-0.3, -0.25) is 4.79 Å². The molecule has 2 aromatic rings. The van der Waals surface area contributed by atoms with E-state index in [-0.39, 0.29) is 5.91 Å². The van der Waals surface area contributed by atoms with Gasteiger partial charge >= 0.3 is 0 Å². The van der Waals surface area contributed by atoms with Crippen LogP contribution in [-0.2, 0) is 22.6 Å². The topological polar surface area (TPSA) is 55.6 Å². The highest BCUT2D eigenvalue weighted by Gasteiger charge is 2.23. The highest BCUT2D eigenvalue weighted by Crippen LogP contribution is 2.20. The summed E-state index contributed by atoms with van der Waals surface area (Å²) in [4.78, 5) is 14.5. The Kier molecular flexibility index (Phi) is 6.91. The molecule has 146 valence electrons. The minimum Gasteiger partial charge on any atom is -0.376 e. The summed E-state index contributed by atoms with van der Waals surface area (Å²) >= 11 is 5.89. The van der Waals surface area contributed by atoms with E-state index >= 15 is 0 Å². The monoisotopic (exact) mass is 390 g/mol. The Balaban J connectivity index is 1.35. The van der Waals surface area contributed by atoms with Crippen molar-refractivity contribution in [2.75, 3.05) is 19.7 Å². The van der Waals surface area contributed by atoms with E-state index in [4.69, 9.17) is 20.9 Å². The summed E-state index contributed by atoms with van der Waals surface area (Å²) in [6.45, 7) is 6.80. The number of hydrogen-bond acceptors (Lipinski definition) is 4. The normalized spacial score (nSPS) is 15.3. The van der Waals surface area contributed by atoms with Crippen molar-refractivity contribution in [2.24, 2.45) is 5.92 Å². The van der Waals surface area contributed by atoms with Gasteiger partial charge in [0.05, 0.1) is 12.3 Å². The highest BCUT2D eigenvalue weighted by molar-refractivity contribution is 6.30. The largest absolute Gasteiger partial charge is 0.376 e. The van der Waals surface area contributed by atoms with E-state index < -0.39 is 0 Å². The fourth-order valence-corrected chi connectivity index (χ4v) is 3.65. The SMILES string of the molecule is Cc1noc(C)c1CCC(=O)N1CCC(COCc2ccc(Cl)cc2)CC1. The fourth-order valence-electron chi connectivity index (χ4n) is 3.52. The summed E-state index contributed by atoms with van der Waals surface area (Å²) in [6.07, 6.45) is 3.21. The van der Waals surface area contributed by atoms with Crippen LogP contribution in [0.5, 0.6) is 0 Å². The van der Waals surface area contributed by atoms with E-state index in [1.807, 2.05) is 43.0 Å². The Morgan fingerprint density at radius 1 is 1.26 bits per heavy atom. The average molecular weight is 391 g/mol. The van der Waals surface area contributed by atoms with Crippen LogP contribution in [-0.4, -0.2) is 35.7 Å². The van der Waals surface area contributed by atoms with Crippen LogP contribution in [0.25, 0.3) is 0 Å². The molecule has 0 bridgehead atoms. The van der Waals surface area contributed by atoms with E-state index in [9.17, 15) is 4.79 Å². The van der Waals surface area contributed by atoms with Gasteiger partial charge in [-0.25, -0.2) is 0 Å². The number of carbonyl (C=O) groups is 1. The first-order valence-electron chi connectivity index (χ1n) is 9.54. The maximum Gasteiger partial charge on any atom is 0.222 e. The minimum absolute atomic E-state index is 0.218. The summed E-state index contributed by atoms with van der Waals surface area (Å²) in [5, 5.41) is 4.69. The second kappa shape index (κ2) is 9.38. The first-order chi connectivity index (χ1) is 13.0. The van der Waals surface area contributed by atoms with Crippen LogP contribution in [0.15, 0.2) is 28.8 Å². The van der Waals surface area contributed by atoms with E-state index in [2.05, 4.69) is 5.16 Å². The Morgan fingerprint density at radius 2 is 1.96 bits per heavy atom. The van der Waals surface area contributed by atoms with E-state index in [1.54, 1.807) is 0 Å². The van der Waals surface area contributed by atoms with Gasteiger partial charge in [0.25, 0.3) is 0 Å². The number of amides is 1. The van der Waals surface area contributed by atoms with Gasteiger partial charge in [-0.2, -0.15) is 0 Å². The quantitative estimate of drug-likeness (QED) is 0.705. The van der Waals surface area contributed by atoms with Gasteiger partial charge in [0.2, 0.25) is 5.91 Å². The number of benzene rings is 1. The van der Waals surface area contributed by atoms with Crippen LogP contribution >= 0.6 is 11.6 Å². The summed E-state index contributed by atoms with van der Waals surface area (Å²) in [7, 11) is 0. The zero-order chi connectivity index (χ0) is 19.2. The molecular formula is C21H27ClN2O3. The molecule has 1 aromatic carbocycles. The number of halogens is 1. The van der Waals surface area contributed by atoms with Crippen molar-refractivity contribution in [2.45, 2.75) is 46.1 Å². The predicted octanol–water partition coefficient (Wildman–Crippen LogP) is 4.33. The summed E-state index contributed by atoms with van der Waals surface area (Å²) in [6, 6.07) is 7.74. The third-order valence-electron chi connectivity index (χ3n) is 5.27. The number of rotatable bonds is 7.